The fraction of sp³-hybridized carbons (Fsp3) is 0.619. The number of carbonyl (C=O) groups is 2. The molecular weight excluding hydrogens is 442 g/mol. The van der Waals surface area contributed by atoms with Crippen molar-refractivity contribution in [2.45, 2.75) is 84.2 Å². The molecule has 0 aliphatic carbocycles. The number of hydrogen-bond donors (Lipinski definition) is 1. The fourth-order valence-corrected chi connectivity index (χ4v) is 3.22. The van der Waals surface area contributed by atoms with E-state index in [1.54, 1.807) is 48.5 Å². The predicted molar refractivity (Wildman–Crippen MR) is 112 cm³/mol. The smallest absolute Gasteiger partial charge is 0.431 e. The van der Waals surface area contributed by atoms with Gasteiger partial charge in [0.2, 0.25) is 5.60 Å². The van der Waals surface area contributed by atoms with E-state index in [0.29, 0.717) is 18.6 Å². The number of fused-ring (bicyclic) bond motifs is 1. The molecule has 0 radical (unpaired) electrons. The van der Waals surface area contributed by atoms with Gasteiger partial charge in [-0.2, -0.15) is 5.48 Å². The van der Waals surface area contributed by atoms with Gasteiger partial charge in [-0.1, -0.05) is 15.9 Å². The van der Waals surface area contributed by atoms with Crippen molar-refractivity contribution >= 4 is 28.0 Å². The summed E-state index contributed by atoms with van der Waals surface area (Å²) in [4.78, 5) is 30.7. The topological polar surface area (TPSA) is 83.1 Å². The standard InChI is InChI=1S/C21H30BrNO6/c1-19(2,3)27-17(24)21(7,29-23-18(25)28-20(4,5)6)16-11-8-13-12-14(22)9-10-15(13)26-16/h9-10,12,16H,8,11H2,1-7H3,(H,23,25)/t16?,21-/m0/s1. The van der Waals surface area contributed by atoms with E-state index >= 15 is 0 Å². The predicted octanol–water partition coefficient (Wildman–Crippen LogP) is 4.70. The SMILES string of the molecule is CC(C)(C)OC(=O)NO[C@](C)(C(=O)OC(C)(C)C)C1CCc2cc(Br)ccc2O1. The Kier molecular flexibility index (Phi) is 6.89. The highest BCUT2D eigenvalue weighted by Gasteiger charge is 2.50. The molecule has 0 saturated heterocycles. The lowest BCUT2D eigenvalue weighted by atomic mass is 9.90. The van der Waals surface area contributed by atoms with E-state index < -0.39 is 35.0 Å². The van der Waals surface area contributed by atoms with Crippen LogP contribution in [-0.2, 0) is 25.5 Å². The molecule has 1 N–H and O–H groups in total. The first-order valence-electron chi connectivity index (χ1n) is 9.55. The first-order valence-corrected chi connectivity index (χ1v) is 10.3. The molecule has 7 nitrogen and oxygen atoms in total. The van der Waals surface area contributed by atoms with E-state index in [9.17, 15) is 9.59 Å². The molecule has 0 aromatic heterocycles. The highest BCUT2D eigenvalue weighted by Crippen LogP contribution is 2.35. The van der Waals surface area contributed by atoms with Crippen LogP contribution in [0.15, 0.2) is 22.7 Å². The maximum atomic E-state index is 13.0. The van der Waals surface area contributed by atoms with Crippen LogP contribution in [0.25, 0.3) is 0 Å². The van der Waals surface area contributed by atoms with Crippen molar-refractivity contribution in [3.63, 3.8) is 0 Å². The van der Waals surface area contributed by atoms with Gasteiger partial charge in [-0.3, -0.25) is 0 Å². The molecule has 0 fully saturated rings. The van der Waals surface area contributed by atoms with E-state index in [2.05, 4.69) is 21.4 Å². The number of hydrogen-bond acceptors (Lipinski definition) is 6. The van der Waals surface area contributed by atoms with E-state index in [-0.39, 0.29) is 0 Å². The monoisotopic (exact) mass is 471 g/mol. The molecule has 2 atom stereocenters. The normalized spacial score (nSPS) is 18.7. The lowest BCUT2D eigenvalue weighted by Gasteiger charge is -2.38. The molecule has 1 heterocycles. The van der Waals surface area contributed by atoms with Crippen molar-refractivity contribution in [1.82, 2.24) is 5.48 Å². The van der Waals surface area contributed by atoms with Crippen molar-refractivity contribution < 1.29 is 28.6 Å². The lowest BCUT2D eigenvalue weighted by Crippen LogP contribution is -2.58. The number of aryl methyl sites for hydroxylation is 1. The van der Waals surface area contributed by atoms with Crippen molar-refractivity contribution in [2.75, 3.05) is 0 Å². The van der Waals surface area contributed by atoms with Gasteiger partial charge in [0.1, 0.15) is 23.1 Å². The van der Waals surface area contributed by atoms with E-state index in [4.69, 9.17) is 19.0 Å². The van der Waals surface area contributed by atoms with Crippen LogP contribution in [0.3, 0.4) is 0 Å². The lowest BCUT2D eigenvalue weighted by molar-refractivity contribution is -0.205. The van der Waals surface area contributed by atoms with Crippen LogP contribution in [0.4, 0.5) is 4.79 Å². The van der Waals surface area contributed by atoms with Crippen LogP contribution in [0, 0.1) is 0 Å². The summed E-state index contributed by atoms with van der Waals surface area (Å²) in [7, 11) is 0. The Labute approximate surface area is 180 Å². The van der Waals surface area contributed by atoms with Crippen LogP contribution in [0.2, 0.25) is 0 Å². The van der Waals surface area contributed by atoms with Gasteiger partial charge in [0.05, 0.1) is 0 Å². The Hall–Kier alpha value is -1.80. The Morgan fingerprint density at radius 2 is 1.69 bits per heavy atom. The highest BCUT2D eigenvalue weighted by atomic mass is 79.9. The van der Waals surface area contributed by atoms with Gasteiger partial charge < -0.3 is 14.2 Å². The van der Waals surface area contributed by atoms with E-state index in [1.165, 1.54) is 0 Å². The molecule has 1 aliphatic rings. The van der Waals surface area contributed by atoms with Gasteiger partial charge in [0, 0.05) is 4.47 Å². The highest BCUT2D eigenvalue weighted by molar-refractivity contribution is 9.10. The number of esters is 1. The van der Waals surface area contributed by atoms with Gasteiger partial charge in [0.15, 0.2) is 0 Å². The zero-order chi connectivity index (χ0) is 22.0. The minimum absolute atomic E-state index is 0.509. The molecule has 1 amide bonds. The Morgan fingerprint density at radius 3 is 2.28 bits per heavy atom. The van der Waals surface area contributed by atoms with Gasteiger partial charge in [-0.05, 0) is 85.1 Å². The second-order valence-corrected chi connectivity index (χ2v) is 10.1. The minimum atomic E-state index is -1.57. The van der Waals surface area contributed by atoms with Crippen LogP contribution < -0.4 is 10.2 Å². The number of nitrogens with one attached hydrogen (secondary N) is 1. The zero-order valence-electron chi connectivity index (χ0n) is 18.1. The van der Waals surface area contributed by atoms with Crippen LogP contribution in [0.5, 0.6) is 5.75 Å². The van der Waals surface area contributed by atoms with Crippen LogP contribution in [-0.4, -0.2) is 35.0 Å². The summed E-state index contributed by atoms with van der Waals surface area (Å²) >= 11 is 3.45. The third-order valence-corrected chi connectivity index (χ3v) is 4.62. The van der Waals surface area contributed by atoms with Gasteiger partial charge in [0.25, 0.3) is 0 Å². The molecule has 0 bridgehead atoms. The molecule has 29 heavy (non-hydrogen) atoms. The summed E-state index contributed by atoms with van der Waals surface area (Å²) < 4.78 is 17.8. The number of hydroxylamine groups is 1. The molecule has 1 aromatic carbocycles. The molecule has 1 unspecified atom stereocenters. The maximum absolute atomic E-state index is 13.0. The number of carbonyl (C=O) groups excluding carboxylic acids is 2. The summed E-state index contributed by atoms with van der Waals surface area (Å²) in [6.45, 7) is 12.0. The summed E-state index contributed by atoms with van der Waals surface area (Å²) in [6.07, 6.45) is -0.267. The largest absolute Gasteiger partial charge is 0.486 e. The summed E-state index contributed by atoms with van der Waals surface area (Å²) in [5.41, 5.74) is 0.247. The molecule has 1 aromatic rings. The Balaban J connectivity index is 2.23. The van der Waals surface area contributed by atoms with Crippen molar-refractivity contribution in [3.05, 3.63) is 28.2 Å². The number of ether oxygens (including phenoxy) is 3. The quantitative estimate of drug-likeness (QED) is 0.505. The van der Waals surface area contributed by atoms with Crippen LogP contribution >= 0.6 is 15.9 Å². The third-order valence-electron chi connectivity index (χ3n) is 4.13. The second-order valence-electron chi connectivity index (χ2n) is 9.21. The molecule has 2 rings (SSSR count). The summed E-state index contributed by atoms with van der Waals surface area (Å²) in [6, 6.07) is 5.68. The number of halogens is 1. The molecular formula is C21H30BrNO6. The van der Waals surface area contributed by atoms with Gasteiger partial charge in [-0.25, -0.2) is 14.4 Å². The summed E-state index contributed by atoms with van der Waals surface area (Å²) in [5.74, 6) is 0.0340. The first kappa shape index (κ1) is 23.5. The average molecular weight is 472 g/mol. The van der Waals surface area contributed by atoms with Crippen molar-refractivity contribution in [2.24, 2.45) is 0 Å². The Morgan fingerprint density at radius 1 is 1.07 bits per heavy atom. The molecule has 0 spiro atoms. The number of benzene rings is 1. The third kappa shape index (κ3) is 6.60. The zero-order valence-corrected chi connectivity index (χ0v) is 19.6. The molecule has 162 valence electrons. The van der Waals surface area contributed by atoms with Crippen molar-refractivity contribution in [1.29, 1.82) is 0 Å². The Bertz CT molecular complexity index is 767. The number of rotatable bonds is 4. The second kappa shape index (κ2) is 8.52. The van der Waals surface area contributed by atoms with E-state index in [0.717, 1.165) is 10.0 Å². The van der Waals surface area contributed by atoms with Crippen molar-refractivity contribution in [3.8, 4) is 5.75 Å². The van der Waals surface area contributed by atoms with E-state index in [1.807, 2.05) is 18.2 Å². The van der Waals surface area contributed by atoms with Gasteiger partial charge in [-0.15, -0.1) is 0 Å². The molecule has 1 aliphatic heterocycles. The first-order chi connectivity index (χ1) is 13.2. The number of amides is 1. The molecule has 8 heteroatoms. The molecule has 0 saturated carbocycles. The van der Waals surface area contributed by atoms with Gasteiger partial charge >= 0.3 is 12.1 Å². The summed E-state index contributed by atoms with van der Waals surface area (Å²) in [5, 5.41) is 0. The fourth-order valence-electron chi connectivity index (χ4n) is 2.81. The minimum Gasteiger partial charge on any atom is -0.486 e. The van der Waals surface area contributed by atoms with Crippen LogP contribution in [0.1, 0.15) is 60.5 Å². The average Bonchev–Trinajstić information content (AvgIpc) is 2.56. The maximum Gasteiger partial charge on any atom is 0.431 e.